The molecule has 148 valence electrons. The molecule has 0 aromatic heterocycles. The normalized spacial score (nSPS) is 15.9. The fourth-order valence-electron chi connectivity index (χ4n) is 3.88. The monoisotopic (exact) mass is 408 g/mol. The first-order chi connectivity index (χ1) is 14.1. The van der Waals surface area contributed by atoms with Gasteiger partial charge in [0.2, 0.25) is 0 Å². The smallest absolute Gasteiger partial charge is 0.256 e. The Hall–Kier alpha value is -2.69. The van der Waals surface area contributed by atoms with Gasteiger partial charge >= 0.3 is 0 Å². The summed E-state index contributed by atoms with van der Waals surface area (Å²) in [6.07, 6.45) is 0. The summed E-state index contributed by atoms with van der Waals surface area (Å²) in [5, 5.41) is 0.709. The molecule has 3 aromatic rings. The third kappa shape index (κ3) is 4.34. The summed E-state index contributed by atoms with van der Waals surface area (Å²) >= 11 is 6.08. The van der Waals surface area contributed by atoms with E-state index in [1.165, 1.54) is 11.6 Å². The van der Waals surface area contributed by atoms with E-state index in [0.717, 1.165) is 5.56 Å². The maximum atomic E-state index is 14.0. The molecule has 0 radical (unpaired) electrons. The second-order valence-electron chi connectivity index (χ2n) is 7.17. The molecule has 29 heavy (non-hydrogen) atoms. The van der Waals surface area contributed by atoms with Gasteiger partial charge in [-0.2, -0.15) is 0 Å². The van der Waals surface area contributed by atoms with Crippen molar-refractivity contribution < 1.29 is 9.18 Å². The van der Waals surface area contributed by atoms with Crippen LogP contribution >= 0.6 is 11.6 Å². The third-order valence-electron chi connectivity index (χ3n) is 5.37. The van der Waals surface area contributed by atoms with E-state index in [1.807, 2.05) is 30.3 Å². The van der Waals surface area contributed by atoms with Crippen LogP contribution in [-0.2, 0) is 0 Å². The Bertz CT molecular complexity index is 970. The van der Waals surface area contributed by atoms with Crippen molar-refractivity contribution in [3.8, 4) is 0 Å². The summed E-state index contributed by atoms with van der Waals surface area (Å²) in [5.41, 5.74) is 2.50. The molecule has 3 nitrogen and oxygen atoms in total. The van der Waals surface area contributed by atoms with E-state index in [-0.39, 0.29) is 17.5 Å². The Morgan fingerprint density at radius 2 is 1.38 bits per heavy atom. The van der Waals surface area contributed by atoms with Crippen LogP contribution in [0.15, 0.2) is 78.9 Å². The first-order valence-corrected chi connectivity index (χ1v) is 10.1. The molecule has 4 rings (SSSR count). The molecule has 0 N–H and O–H groups in total. The Morgan fingerprint density at radius 1 is 0.793 bits per heavy atom. The van der Waals surface area contributed by atoms with Gasteiger partial charge in [0.1, 0.15) is 5.82 Å². The zero-order chi connectivity index (χ0) is 20.2. The maximum absolute atomic E-state index is 14.0. The van der Waals surface area contributed by atoms with Gasteiger partial charge in [-0.1, -0.05) is 66.2 Å². The number of benzene rings is 3. The SMILES string of the molecule is O=C(c1ccccc1F)N1CCN([C@H](c2ccccc2)c2ccc(Cl)cc2)CC1. The number of nitrogens with zero attached hydrogens (tertiary/aromatic N) is 2. The number of carbonyl (C=O) groups excluding carboxylic acids is 1. The molecule has 1 heterocycles. The molecule has 1 atom stereocenters. The number of hydrogen-bond donors (Lipinski definition) is 0. The summed E-state index contributed by atoms with van der Waals surface area (Å²) in [4.78, 5) is 16.8. The number of piperazine rings is 1. The summed E-state index contributed by atoms with van der Waals surface area (Å²) in [6.45, 7) is 2.54. The zero-order valence-electron chi connectivity index (χ0n) is 16.0. The van der Waals surface area contributed by atoms with Crippen molar-refractivity contribution >= 4 is 17.5 Å². The van der Waals surface area contributed by atoms with Crippen LogP contribution in [-0.4, -0.2) is 41.9 Å². The van der Waals surface area contributed by atoms with Crippen LogP contribution in [0.4, 0.5) is 4.39 Å². The van der Waals surface area contributed by atoms with Crippen LogP contribution in [0, 0.1) is 5.82 Å². The summed E-state index contributed by atoms with van der Waals surface area (Å²) < 4.78 is 14.0. The first-order valence-electron chi connectivity index (χ1n) is 9.72. The zero-order valence-corrected chi connectivity index (χ0v) is 16.7. The number of rotatable bonds is 4. The molecule has 0 aliphatic carbocycles. The standard InChI is InChI=1S/C24H22ClFN2O/c25-20-12-10-19(11-13-20)23(18-6-2-1-3-7-18)27-14-16-28(17-15-27)24(29)21-8-4-5-9-22(21)26/h1-13,23H,14-17H2/t23-/m1/s1. The summed E-state index contributed by atoms with van der Waals surface area (Å²) in [5.74, 6) is -0.714. The van der Waals surface area contributed by atoms with Crippen LogP contribution in [0.2, 0.25) is 5.02 Å². The van der Waals surface area contributed by atoms with E-state index in [4.69, 9.17) is 11.6 Å². The second kappa shape index (κ2) is 8.76. The third-order valence-corrected chi connectivity index (χ3v) is 5.62. The molecule has 0 unspecified atom stereocenters. The van der Waals surface area contributed by atoms with Gasteiger partial charge in [-0.25, -0.2) is 4.39 Å². The molecule has 0 bridgehead atoms. The Kier molecular flexibility index (Phi) is 5.93. The van der Waals surface area contributed by atoms with Gasteiger partial charge in [0, 0.05) is 31.2 Å². The summed E-state index contributed by atoms with van der Waals surface area (Å²) in [7, 11) is 0. The molecular formula is C24H22ClFN2O. The highest BCUT2D eigenvalue weighted by atomic mass is 35.5. The average molecular weight is 409 g/mol. The van der Waals surface area contributed by atoms with E-state index >= 15 is 0 Å². The molecule has 1 amide bonds. The Morgan fingerprint density at radius 3 is 2.03 bits per heavy atom. The summed E-state index contributed by atoms with van der Waals surface area (Å²) in [6, 6.07) is 24.5. The number of halogens is 2. The minimum absolute atomic E-state index is 0.0826. The van der Waals surface area contributed by atoms with Crippen molar-refractivity contribution in [3.05, 3.63) is 106 Å². The number of carbonyl (C=O) groups is 1. The van der Waals surface area contributed by atoms with Crippen molar-refractivity contribution in [2.45, 2.75) is 6.04 Å². The maximum Gasteiger partial charge on any atom is 0.256 e. The number of amides is 1. The lowest BCUT2D eigenvalue weighted by atomic mass is 9.96. The predicted octanol–water partition coefficient (Wildman–Crippen LogP) is 5.03. The molecule has 5 heteroatoms. The van der Waals surface area contributed by atoms with Crippen LogP contribution in [0.25, 0.3) is 0 Å². The van der Waals surface area contributed by atoms with Crippen molar-refractivity contribution in [2.24, 2.45) is 0 Å². The van der Waals surface area contributed by atoms with E-state index in [1.54, 1.807) is 23.1 Å². The van der Waals surface area contributed by atoms with Crippen LogP contribution in [0.5, 0.6) is 0 Å². The fourth-order valence-corrected chi connectivity index (χ4v) is 4.01. The van der Waals surface area contributed by atoms with Crippen molar-refractivity contribution in [1.82, 2.24) is 9.80 Å². The minimum Gasteiger partial charge on any atom is -0.336 e. The van der Waals surface area contributed by atoms with E-state index in [2.05, 4.69) is 29.2 Å². The molecule has 1 aliphatic rings. The van der Waals surface area contributed by atoms with E-state index in [0.29, 0.717) is 31.2 Å². The molecule has 1 aliphatic heterocycles. The molecule has 1 fully saturated rings. The molecule has 1 saturated heterocycles. The Labute approximate surface area is 175 Å². The molecular weight excluding hydrogens is 387 g/mol. The predicted molar refractivity (Wildman–Crippen MR) is 114 cm³/mol. The average Bonchev–Trinajstić information content (AvgIpc) is 2.76. The highest BCUT2D eigenvalue weighted by Crippen LogP contribution is 2.30. The van der Waals surface area contributed by atoms with E-state index < -0.39 is 5.82 Å². The van der Waals surface area contributed by atoms with Gasteiger partial charge in [0.05, 0.1) is 11.6 Å². The van der Waals surface area contributed by atoms with Gasteiger partial charge in [-0.15, -0.1) is 0 Å². The highest BCUT2D eigenvalue weighted by molar-refractivity contribution is 6.30. The van der Waals surface area contributed by atoms with Crippen molar-refractivity contribution in [1.29, 1.82) is 0 Å². The van der Waals surface area contributed by atoms with Gasteiger partial charge in [-0.05, 0) is 35.4 Å². The fraction of sp³-hybridized carbons (Fsp3) is 0.208. The van der Waals surface area contributed by atoms with Gasteiger partial charge < -0.3 is 4.90 Å². The minimum atomic E-state index is -0.469. The number of hydrogen-bond acceptors (Lipinski definition) is 2. The van der Waals surface area contributed by atoms with Gasteiger partial charge in [-0.3, -0.25) is 9.69 Å². The lowest BCUT2D eigenvalue weighted by Gasteiger charge is -2.39. The van der Waals surface area contributed by atoms with E-state index in [9.17, 15) is 9.18 Å². The second-order valence-corrected chi connectivity index (χ2v) is 7.61. The highest BCUT2D eigenvalue weighted by Gasteiger charge is 2.29. The Balaban J connectivity index is 1.53. The van der Waals surface area contributed by atoms with Crippen LogP contribution < -0.4 is 0 Å². The van der Waals surface area contributed by atoms with Crippen molar-refractivity contribution in [3.63, 3.8) is 0 Å². The largest absolute Gasteiger partial charge is 0.336 e. The quantitative estimate of drug-likeness (QED) is 0.604. The molecule has 0 saturated carbocycles. The molecule has 0 spiro atoms. The first kappa shape index (κ1) is 19.6. The topological polar surface area (TPSA) is 23.6 Å². The van der Waals surface area contributed by atoms with Crippen molar-refractivity contribution in [2.75, 3.05) is 26.2 Å². The lowest BCUT2D eigenvalue weighted by molar-refractivity contribution is 0.0593. The lowest BCUT2D eigenvalue weighted by Crippen LogP contribution is -2.50. The van der Waals surface area contributed by atoms with Crippen LogP contribution in [0.3, 0.4) is 0 Å². The van der Waals surface area contributed by atoms with Gasteiger partial charge in [0.15, 0.2) is 0 Å². The molecule has 3 aromatic carbocycles. The van der Waals surface area contributed by atoms with Gasteiger partial charge in [0.25, 0.3) is 5.91 Å². The van der Waals surface area contributed by atoms with Crippen LogP contribution in [0.1, 0.15) is 27.5 Å².